The monoisotopic (exact) mass is 219 g/mol. The molecule has 0 bridgehead atoms. The van der Waals surface area contributed by atoms with Gasteiger partial charge in [-0.05, 0) is 43.4 Å². The number of anilines is 1. The molecule has 1 aromatic rings. The second-order valence-corrected chi connectivity index (χ2v) is 4.94. The number of aliphatic hydroxyl groups excluding tert-OH is 1. The van der Waals surface area contributed by atoms with E-state index in [-0.39, 0.29) is 6.10 Å². The Kier molecular flexibility index (Phi) is 3.49. The van der Waals surface area contributed by atoms with E-state index >= 15 is 0 Å². The van der Waals surface area contributed by atoms with Crippen LogP contribution in [0.25, 0.3) is 0 Å². The molecule has 0 radical (unpaired) electrons. The van der Waals surface area contributed by atoms with Crippen molar-refractivity contribution in [1.29, 1.82) is 0 Å². The average molecular weight is 219 g/mol. The lowest BCUT2D eigenvalue weighted by atomic mass is 9.98. The van der Waals surface area contributed by atoms with Crippen molar-refractivity contribution in [1.82, 2.24) is 0 Å². The number of hydrogen-bond acceptors (Lipinski definition) is 2. The zero-order valence-electron chi connectivity index (χ0n) is 10.2. The highest BCUT2D eigenvalue weighted by molar-refractivity contribution is 5.48. The van der Waals surface area contributed by atoms with Crippen LogP contribution in [0.3, 0.4) is 0 Å². The van der Waals surface area contributed by atoms with Gasteiger partial charge in [-0.3, -0.25) is 0 Å². The minimum absolute atomic E-state index is 0.365. The van der Waals surface area contributed by atoms with Crippen LogP contribution < -0.4 is 4.90 Å². The van der Waals surface area contributed by atoms with Gasteiger partial charge in [0.1, 0.15) is 0 Å². The Morgan fingerprint density at radius 2 is 1.75 bits per heavy atom. The maximum Gasteiger partial charge on any atom is 0.0761 e. The SMILES string of the molecule is CC1CCN(c2ccc([C@H](C)O)cc2)CC1. The Morgan fingerprint density at radius 3 is 2.25 bits per heavy atom. The Labute approximate surface area is 97.9 Å². The first-order valence-electron chi connectivity index (χ1n) is 6.20. The minimum Gasteiger partial charge on any atom is -0.389 e. The number of hydrogen-bond donors (Lipinski definition) is 1. The molecular formula is C14H21NO. The van der Waals surface area contributed by atoms with Crippen molar-refractivity contribution in [2.45, 2.75) is 32.8 Å². The van der Waals surface area contributed by atoms with Crippen LogP contribution in [0.2, 0.25) is 0 Å². The van der Waals surface area contributed by atoms with E-state index in [1.807, 2.05) is 12.1 Å². The fraction of sp³-hybridized carbons (Fsp3) is 0.571. The fourth-order valence-electron chi connectivity index (χ4n) is 2.23. The topological polar surface area (TPSA) is 23.5 Å². The molecule has 1 aliphatic heterocycles. The van der Waals surface area contributed by atoms with Crippen molar-refractivity contribution in [2.75, 3.05) is 18.0 Å². The predicted octanol–water partition coefficient (Wildman–Crippen LogP) is 2.98. The molecule has 1 N–H and O–H groups in total. The first kappa shape index (κ1) is 11.5. The molecule has 1 atom stereocenters. The van der Waals surface area contributed by atoms with Crippen molar-refractivity contribution >= 4 is 5.69 Å². The lowest BCUT2D eigenvalue weighted by Gasteiger charge is -2.32. The van der Waals surface area contributed by atoms with Crippen LogP contribution in [-0.4, -0.2) is 18.2 Å². The minimum atomic E-state index is -0.365. The van der Waals surface area contributed by atoms with E-state index in [0.29, 0.717) is 0 Å². The van der Waals surface area contributed by atoms with Crippen molar-refractivity contribution in [3.8, 4) is 0 Å². The molecule has 1 aromatic carbocycles. The second-order valence-electron chi connectivity index (χ2n) is 4.94. The van der Waals surface area contributed by atoms with Crippen LogP contribution in [0, 0.1) is 5.92 Å². The smallest absolute Gasteiger partial charge is 0.0761 e. The number of nitrogens with zero attached hydrogens (tertiary/aromatic N) is 1. The van der Waals surface area contributed by atoms with Gasteiger partial charge in [-0.25, -0.2) is 0 Å². The molecule has 0 spiro atoms. The van der Waals surface area contributed by atoms with Gasteiger partial charge in [0.2, 0.25) is 0 Å². The maximum atomic E-state index is 9.45. The number of aliphatic hydroxyl groups is 1. The zero-order chi connectivity index (χ0) is 11.5. The van der Waals surface area contributed by atoms with Gasteiger partial charge in [0, 0.05) is 18.8 Å². The summed E-state index contributed by atoms with van der Waals surface area (Å²) in [4.78, 5) is 2.44. The molecule has 88 valence electrons. The number of rotatable bonds is 2. The summed E-state index contributed by atoms with van der Waals surface area (Å²) in [7, 11) is 0. The van der Waals surface area contributed by atoms with E-state index in [2.05, 4.69) is 24.0 Å². The Hall–Kier alpha value is -1.02. The van der Waals surface area contributed by atoms with Crippen LogP contribution in [0.1, 0.15) is 38.4 Å². The molecular weight excluding hydrogens is 198 g/mol. The molecule has 1 heterocycles. The zero-order valence-corrected chi connectivity index (χ0v) is 10.2. The maximum absolute atomic E-state index is 9.45. The van der Waals surface area contributed by atoms with E-state index < -0.39 is 0 Å². The van der Waals surface area contributed by atoms with Crippen molar-refractivity contribution in [3.05, 3.63) is 29.8 Å². The van der Waals surface area contributed by atoms with Gasteiger partial charge in [-0.1, -0.05) is 19.1 Å². The number of benzene rings is 1. The van der Waals surface area contributed by atoms with Crippen LogP contribution in [0.5, 0.6) is 0 Å². The normalized spacial score (nSPS) is 19.8. The molecule has 2 nitrogen and oxygen atoms in total. The molecule has 0 aliphatic carbocycles. The molecule has 2 rings (SSSR count). The van der Waals surface area contributed by atoms with Crippen LogP contribution >= 0.6 is 0 Å². The summed E-state index contributed by atoms with van der Waals surface area (Å²) in [5.41, 5.74) is 2.28. The summed E-state index contributed by atoms with van der Waals surface area (Å²) in [5, 5.41) is 9.45. The summed E-state index contributed by atoms with van der Waals surface area (Å²) < 4.78 is 0. The molecule has 16 heavy (non-hydrogen) atoms. The molecule has 1 aliphatic rings. The van der Waals surface area contributed by atoms with E-state index in [1.54, 1.807) is 6.92 Å². The Balaban J connectivity index is 2.04. The average Bonchev–Trinajstić information content (AvgIpc) is 2.30. The highest BCUT2D eigenvalue weighted by Gasteiger charge is 2.15. The largest absolute Gasteiger partial charge is 0.389 e. The van der Waals surface area contributed by atoms with Crippen LogP contribution in [0.15, 0.2) is 24.3 Å². The molecule has 0 unspecified atom stereocenters. The van der Waals surface area contributed by atoms with Gasteiger partial charge in [0.05, 0.1) is 6.10 Å². The van der Waals surface area contributed by atoms with Gasteiger partial charge in [-0.2, -0.15) is 0 Å². The highest BCUT2D eigenvalue weighted by atomic mass is 16.3. The summed E-state index contributed by atoms with van der Waals surface area (Å²) in [6.07, 6.45) is 2.21. The van der Waals surface area contributed by atoms with E-state index in [4.69, 9.17) is 0 Å². The Morgan fingerprint density at radius 1 is 1.19 bits per heavy atom. The lowest BCUT2D eigenvalue weighted by Crippen LogP contribution is -2.32. The summed E-state index contributed by atoms with van der Waals surface area (Å²) in [6.45, 7) is 6.45. The summed E-state index contributed by atoms with van der Waals surface area (Å²) >= 11 is 0. The third-order valence-electron chi connectivity index (χ3n) is 3.52. The predicted molar refractivity (Wildman–Crippen MR) is 67.7 cm³/mol. The third-order valence-corrected chi connectivity index (χ3v) is 3.52. The number of piperidine rings is 1. The standard InChI is InChI=1S/C14H21NO/c1-11-7-9-15(10-8-11)14-5-3-13(4-6-14)12(2)16/h3-6,11-12,16H,7-10H2,1-2H3/t12-/m0/s1. The summed E-state index contributed by atoms with van der Waals surface area (Å²) in [5.74, 6) is 0.869. The molecule has 0 saturated carbocycles. The van der Waals surface area contributed by atoms with Crippen molar-refractivity contribution in [3.63, 3.8) is 0 Å². The first-order chi connectivity index (χ1) is 7.66. The molecule has 1 fully saturated rings. The van der Waals surface area contributed by atoms with Gasteiger partial charge in [0.15, 0.2) is 0 Å². The third kappa shape index (κ3) is 2.56. The molecule has 1 saturated heterocycles. The Bertz CT molecular complexity index is 323. The molecule has 0 aromatic heterocycles. The van der Waals surface area contributed by atoms with Crippen LogP contribution in [-0.2, 0) is 0 Å². The van der Waals surface area contributed by atoms with E-state index in [9.17, 15) is 5.11 Å². The second kappa shape index (κ2) is 4.88. The molecule has 2 heteroatoms. The first-order valence-corrected chi connectivity index (χ1v) is 6.20. The van der Waals surface area contributed by atoms with Gasteiger partial charge in [-0.15, -0.1) is 0 Å². The van der Waals surface area contributed by atoms with E-state index in [1.165, 1.54) is 18.5 Å². The molecule has 0 amide bonds. The quantitative estimate of drug-likeness (QED) is 0.826. The fourth-order valence-corrected chi connectivity index (χ4v) is 2.23. The van der Waals surface area contributed by atoms with Gasteiger partial charge < -0.3 is 10.0 Å². The van der Waals surface area contributed by atoms with Crippen LogP contribution in [0.4, 0.5) is 5.69 Å². The van der Waals surface area contributed by atoms with Gasteiger partial charge >= 0.3 is 0 Å². The van der Waals surface area contributed by atoms with E-state index in [0.717, 1.165) is 24.6 Å². The van der Waals surface area contributed by atoms with Gasteiger partial charge in [0.25, 0.3) is 0 Å². The highest BCUT2D eigenvalue weighted by Crippen LogP contribution is 2.24. The van der Waals surface area contributed by atoms with Crippen molar-refractivity contribution < 1.29 is 5.11 Å². The lowest BCUT2D eigenvalue weighted by molar-refractivity contribution is 0.199. The van der Waals surface area contributed by atoms with Crippen molar-refractivity contribution in [2.24, 2.45) is 5.92 Å². The summed E-state index contributed by atoms with van der Waals surface area (Å²) in [6, 6.07) is 8.30.